The van der Waals surface area contributed by atoms with Crippen LogP contribution in [0.2, 0.25) is 0 Å². The summed E-state index contributed by atoms with van der Waals surface area (Å²) < 4.78 is 5.37. The molecule has 1 aromatic heterocycles. The van der Waals surface area contributed by atoms with E-state index in [2.05, 4.69) is 10.3 Å². The smallest absolute Gasteiger partial charge is 0.321 e. The lowest BCUT2D eigenvalue weighted by atomic mass is 10.1. The number of amides is 2. The van der Waals surface area contributed by atoms with Crippen molar-refractivity contribution in [2.75, 3.05) is 19.5 Å². The van der Waals surface area contributed by atoms with Gasteiger partial charge in [-0.05, 0) is 44.0 Å². The third kappa shape index (κ3) is 4.45. The van der Waals surface area contributed by atoms with Gasteiger partial charge in [0.25, 0.3) is 0 Å². The summed E-state index contributed by atoms with van der Waals surface area (Å²) in [4.78, 5) is 18.2. The first-order valence-electron chi connectivity index (χ1n) is 7.59. The van der Waals surface area contributed by atoms with Crippen molar-refractivity contribution in [3.05, 3.63) is 53.9 Å². The predicted molar refractivity (Wildman–Crippen MR) is 91.9 cm³/mol. The molecule has 0 radical (unpaired) electrons. The molecule has 1 atom stereocenters. The fourth-order valence-electron chi connectivity index (χ4n) is 2.28. The first-order chi connectivity index (χ1) is 11.0. The number of urea groups is 1. The number of rotatable bonds is 5. The average molecular weight is 313 g/mol. The van der Waals surface area contributed by atoms with E-state index in [0.29, 0.717) is 5.69 Å². The molecule has 0 saturated carbocycles. The summed E-state index contributed by atoms with van der Waals surface area (Å²) in [6, 6.07) is 11.5. The molecule has 5 nitrogen and oxygen atoms in total. The van der Waals surface area contributed by atoms with E-state index in [-0.39, 0.29) is 12.1 Å². The Balaban J connectivity index is 1.99. The number of benzene rings is 1. The number of pyridine rings is 1. The number of aryl methyl sites for hydroxylation is 1. The summed E-state index contributed by atoms with van der Waals surface area (Å²) >= 11 is 0. The second-order valence-electron chi connectivity index (χ2n) is 5.59. The molecule has 0 bridgehead atoms. The first-order valence-corrected chi connectivity index (χ1v) is 7.59. The zero-order valence-corrected chi connectivity index (χ0v) is 14.0. The summed E-state index contributed by atoms with van der Waals surface area (Å²) in [6.07, 6.45) is 2.38. The van der Waals surface area contributed by atoms with Gasteiger partial charge in [-0.2, -0.15) is 0 Å². The maximum Gasteiger partial charge on any atom is 0.321 e. The van der Waals surface area contributed by atoms with Crippen molar-refractivity contribution in [3.63, 3.8) is 0 Å². The van der Waals surface area contributed by atoms with Crippen molar-refractivity contribution in [2.45, 2.75) is 26.3 Å². The Morgan fingerprint density at radius 3 is 2.70 bits per heavy atom. The van der Waals surface area contributed by atoms with Gasteiger partial charge in [0.2, 0.25) is 0 Å². The van der Waals surface area contributed by atoms with Gasteiger partial charge in [-0.15, -0.1) is 0 Å². The minimum atomic E-state index is -0.155. The molecule has 1 aromatic carbocycles. The zero-order valence-electron chi connectivity index (χ0n) is 14.0. The van der Waals surface area contributed by atoms with Crippen molar-refractivity contribution in [1.82, 2.24) is 9.88 Å². The maximum atomic E-state index is 12.3. The fourth-order valence-corrected chi connectivity index (χ4v) is 2.28. The highest BCUT2D eigenvalue weighted by Gasteiger charge is 2.17. The van der Waals surface area contributed by atoms with Gasteiger partial charge in [0.05, 0.1) is 19.0 Å². The second kappa shape index (κ2) is 7.63. The summed E-state index contributed by atoms with van der Waals surface area (Å²) in [7, 11) is 3.45. The van der Waals surface area contributed by atoms with E-state index in [9.17, 15) is 4.79 Å². The van der Waals surface area contributed by atoms with Gasteiger partial charge >= 0.3 is 6.03 Å². The molecule has 1 heterocycles. The number of aromatic nitrogens is 1. The van der Waals surface area contributed by atoms with Crippen LogP contribution in [-0.4, -0.2) is 36.1 Å². The minimum absolute atomic E-state index is 0.0321. The van der Waals surface area contributed by atoms with Crippen LogP contribution in [0.5, 0.6) is 5.75 Å². The van der Waals surface area contributed by atoms with Crippen LogP contribution in [-0.2, 0) is 6.42 Å². The summed E-state index contributed by atoms with van der Waals surface area (Å²) in [5, 5.41) is 2.86. The molecule has 0 aliphatic heterocycles. The van der Waals surface area contributed by atoms with E-state index in [0.717, 1.165) is 23.4 Å². The lowest BCUT2D eigenvalue weighted by Crippen LogP contribution is -2.39. The highest BCUT2D eigenvalue weighted by atomic mass is 16.5. The molecule has 2 amide bonds. The molecule has 0 aliphatic rings. The number of methoxy groups -OCH3 is 1. The van der Waals surface area contributed by atoms with Crippen molar-refractivity contribution >= 4 is 11.7 Å². The lowest BCUT2D eigenvalue weighted by molar-refractivity contribution is 0.207. The number of carbonyl (C=O) groups excluding carboxylic acids is 1. The standard InChI is InChI=1S/C18H23N3O2/c1-13-9-10-16(12-19-13)20-18(22)21(3)14(2)11-15-7-5-6-8-17(15)23-4/h5-10,12,14H,11H2,1-4H3,(H,20,22)/t14-/m0/s1. The molecule has 1 N–H and O–H groups in total. The lowest BCUT2D eigenvalue weighted by Gasteiger charge is -2.26. The van der Waals surface area contributed by atoms with Gasteiger partial charge in [0.1, 0.15) is 5.75 Å². The minimum Gasteiger partial charge on any atom is -0.496 e. The van der Waals surface area contributed by atoms with Gasteiger partial charge in [-0.1, -0.05) is 18.2 Å². The number of carbonyl (C=O) groups is 1. The van der Waals surface area contributed by atoms with Crippen LogP contribution in [0.1, 0.15) is 18.2 Å². The second-order valence-corrected chi connectivity index (χ2v) is 5.59. The quantitative estimate of drug-likeness (QED) is 0.919. The first kappa shape index (κ1) is 16.8. The molecule has 5 heteroatoms. The van der Waals surface area contributed by atoms with E-state index in [1.807, 2.05) is 50.2 Å². The number of anilines is 1. The van der Waals surface area contributed by atoms with E-state index in [1.165, 1.54) is 0 Å². The van der Waals surface area contributed by atoms with E-state index >= 15 is 0 Å². The Morgan fingerprint density at radius 2 is 2.04 bits per heavy atom. The molecule has 2 rings (SSSR count). The highest BCUT2D eigenvalue weighted by molar-refractivity contribution is 5.89. The molecule has 122 valence electrons. The van der Waals surface area contributed by atoms with Crippen LogP contribution >= 0.6 is 0 Å². The molecule has 0 unspecified atom stereocenters. The topological polar surface area (TPSA) is 54.5 Å². The summed E-state index contributed by atoms with van der Waals surface area (Å²) in [5.74, 6) is 0.843. The largest absolute Gasteiger partial charge is 0.496 e. The number of hydrogen-bond donors (Lipinski definition) is 1. The van der Waals surface area contributed by atoms with Crippen LogP contribution in [0.4, 0.5) is 10.5 Å². The third-order valence-electron chi connectivity index (χ3n) is 3.85. The molecule has 0 spiro atoms. The van der Waals surface area contributed by atoms with Gasteiger partial charge in [-0.25, -0.2) is 4.79 Å². The van der Waals surface area contributed by atoms with Gasteiger partial charge in [0.15, 0.2) is 0 Å². The fraction of sp³-hybridized carbons (Fsp3) is 0.333. The Hall–Kier alpha value is -2.56. The van der Waals surface area contributed by atoms with Gasteiger partial charge < -0.3 is 15.0 Å². The monoisotopic (exact) mass is 313 g/mol. The number of nitrogens with one attached hydrogen (secondary N) is 1. The highest BCUT2D eigenvalue weighted by Crippen LogP contribution is 2.20. The number of likely N-dealkylation sites (N-methyl/N-ethyl adjacent to an activating group) is 1. The molecular weight excluding hydrogens is 290 g/mol. The predicted octanol–water partition coefficient (Wildman–Crippen LogP) is 3.49. The maximum absolute atomic E-state index is 12.3. The summed E-state index contributed by atoms with van der Waals surface area (Å²) in [6.45, 7) is 3.92. The van der Waals surface area contributed by atoms with Crippen LogP contribution in [0.3, 0.4) is 0 Å². The van der Waals surface area contributed by atoms with Crippen molar-refractivity contribution in [1.29, 1.82) is 0 Å². The number of ether oxygens (including phenoxy) is 1. The van der Waals surface area contributed by atoms with Crippen molar-refractivity contribution in [2.24, 2.45) is 0 Å². The van der Waals surface area contributed by atoms with Crippen molar-refractivity contribution in [3.8, 4) is 5.75 Å². The van der Waals surface area contributed by atoms with Crippen LogP contribution in [0, 0.1) is 6.92 Å². The normalized spacial score (nSPS) is 11.7. The van der Waals surface area contributed by atoms with E-state index in [1.54, 1.807) is 25.3 Å². The molecular formula is C18H23N3O2. The molecule has 2 aromatic rings. The van der Waals surface area contributed by atoms with Gasteiger partial charge in [-0.3, -0.25) is 4.98 Å². The zero-order chi connectivity index (χ0) is 16.8. The SMILES string of the molecule is COc1ccccc1C[C@H](C)N(C)C(=O)Nc1ccc(C)nc1. The number of nitrogens with zero attached hydrogens (tertiary/aromatic N) is 2. The third-order valence-corrected chi connectivity index (χ3v) is 3.85. The van der Waals surface area contributed by atoms with Crippen molar-refractivity contribution < 1.29 is 9.53 Å². The van der Waals surface area contributed by atoms with Crippen LogP contribution < -0.4 is 10.1 Å². The Kier molecular flexibility index (Phi) is 5.57. The molecule has 0 aliphatic carbocycles. The number of para-hydroxylation sites is 1. The van der Waals surface area contributed by atoms with Crippen LogP contribution in [0.15, 0.2) is 42.6 Å². The summed E-state index contributed by atoms with van der Waals surface area (Å²) in [5.41, 5.74) is 2.69. The molecule has 0 fully saturated rings. The number of hydrogen-bond acceptors (Lipinski definition) is 3. The average Bonchev–Trinajstić information content (AvgIpc) is 2.56. The Morgan fingerprint density at radius 1 is 1.30 bits per heavy atom. The van der Waals surface area contributed by atoms with Crippen LogP contribution in [0.25, 0.3) is 0 Å². The molecule has 23 heavy (non-hydrogen) atoms. The Bertz CT molecular complexity index is 656. The van der Waals surface area contributed by atoms with E-state index in [4.69, 9.17) is 4.74 Å². The molecule has 0 saturated heterocycles. The van der Waals surface area contributed by atoms with Gasteiger partial charge in [0, 0.05) is 18.8 Å². The van der Waals surface area contributed by atoms with E-state index < -0.39 is 0 Å². The Labute approximate surface area is 137 Å².